The van der Waals surface area contributed by atoms with Crippen molar-refractivity contribution >= 4 is 5.82 Å². The number of fused-ring (bicyclic) bond motifs is 1. The fraction of sp³-hybridized carbons (Fsp3) is 0.455. The third-order valence-electron chi connectivity index (χ3n) is 5.60. The second-order valence-corrected chi connectivity index (χ2v) is 8.16. The number of hydrogen-bond donors (Lipinski definition) is 1. The van der Waals surface area contributed by atoms with E-state index in [1.807, 2.05) is 18.2 Å². The lowest BCUT2D eigenvalue weighted by atomic mass is 9.70. The summed E-state index contributed by atoms with van der Waals surface area (Å²) in [6, 6.07) is 8.00. The minimum Gasteiger partial charge on any atom is -0.493 e. The van der Waals surface area contributed by atoms with E-state index in [0.717, 1.165) is 41.6 Å². The topological polar surface area (TPSA) is 81.2 Å². The van der Waals surface area contributed by atoms with Crippen molar-refractivity contribution in [2.75, 3.05) is 20.0 Å². The van der Waals surface area contributed by atoms with Crippen LogP contribution >= 0.6 is 0 Å². The average Bonchev–Trinajstić information content (AvgIpc) is 2.65. The van der Waals surface area contributed by atoms with Crippen molar-refractivity contribution < 1.29 is 9.47 Å². The smallest absolute Gasteiger partial charge is 0.161 e. The van der Waals surface area contributed by atoms with Crippen molar-refractivity contribution in [3.63, 3.8) is 0 Å². The molecule has 1 aromatic carbocycles. The van der Waals surface area contributed by atoms with Crippen molar-refractivity contribution in [3.8, 4) is 28.7 Å². The number of anilines is 1. The minimum absolute atomic E-state index is 0.195. The summed E-state index contributed by atoms with van der Waals surface area (Å²) in [5, 5.41) is 9.79. The first-order chi connectivity index (χ1) is 12.8. The van der Waals surface area contributed by atoms with E-state index < -0.39 is 0 Å². The van der Waals surface area contributed by atoms with Crippen LogP contribution in [-0.2, 0) is 12.8 Å². The summed E-state index contributed by atoms with van der Waals surface area (Å²) in [6.07, 6.45) is 2.86. The molecule has 0 spiro atoms. The fourth-order valence-corrected chi connectivity index (χ4v) is 3.94. The Kier molecular flexibility index (Phi) is 5.01. The van der Waals surface area contributed by atoms with E-state index in [2.05, 4.69) is 31.8 Å². The lowest BCUT2D eigenvalue weighted by Crippen LogP contribution is -2.28. The first-order valence-electron chi connectivity index (χ1n) is 9.23. The molecule has 1 aromatic heterocycles. The number of aryl methyl sites for hydroxylation is 1. The predicted octanol–water partition coefficient (Wildman–Crippen LogP) is 4.37. The van der Waals surface area contributed by atoms with E-state index in [1.54, 1.807) is 14.2 Å². The van der Waals surface area contributed by atoms with Gasteiger partial charge in [0, 0.05) is 11.3 Å². The Morgan fingerprint density at radius 2 is 1.89 bits per heavy atom. The van der Waals surface area contributed by atoms with E-state index in [0.29, 0.717) is 28.8 Å². The maximum Gasteiger partial charge on any atom is 0.161 e. The van der Waals surface area contributed by atoms with Gasteiger partial charge in [-0.05, 0) is 53.9 Å². The van der Waals surface area contributed by atoms with Crippen LogP contribution in [0, 0.1) is 22.7 Å². The molecule has 0 saturated heterocycles. The van der Waals surface area contributed by atoms with Crippen molar-refractivity contribution in [3.05, 3.63) is 35.0 Å². The van der Waals surface area contributed by atoms with Gasteiger partial charge in [0.1, 0.15) is 17.5 Å². The normalized spacial score (nSPS) is 16.4. The first kappa shape index (κ1) is 19.0. The number of nitrogens with zero attached hydrogens (tertiary/aromatic N) is 2. The molecule has 0 aliphatic heterocycles. The molecular weight excluding hydrogens is 338 g/mol. The third kappa shape index (κ3) is 3.44. The zero-order valence-corrected chi connectivity index (χ0v) is 16.7. The number of rotatable bonds is 3. The van der Waals surface area contributed by atoms with Crippen LogP contribution in [0.3, 0.4) is 0 Å². The molecule has 3 rings (SSSR count). The second kappa shape index (κ2) is 7.11. The summed E-state index contributed by atoms with van der Waals surface area (Å²) >= 11 is 0. The lowest BCUT2D eigenvalue weighted by molar-refractivity contribution is 0.215. The van der Waals surface area contributed by atoms with Gasteiger partial charge in [0.25, 0.3) is 0 Å². The van der Waals surface area contributed by atoms with Crippen LogP contribution < -0.4 is 15.2 Å². The molecule has 0 bridgehead atoms. The van der Waals surface area contributed by atoms with Crippen molar-refractivity contribution in [1.82, 2.24) is 4.98 Å². The Balaban J connectivity index is 2.23. The van der Waals surface area contributed by atoms with Crippen molar-refractivity contribution in [2.24, 2.45) is 11.3 Å². The van der Waals surface area contributed by atoms with E-state index >= 15 is 0 Å². The van der Waals surface area contributed by atoms with Crippen LogP contribution in [0.1, 0.15) is 44.0 Å². The fourth-order valence-electron chi connectivity index (χ4n) is 3.94. The molecule has 1 heterocycles. The number of hydrogen-bond acceptors (Lipinski definition) is 5. The molecule has 0 radical (unpaired) electrons. The standard InChI is InChI=1S/C22H27N3O2/c1-22(2,3)14-7-8-17-15(11-14)20(16(12-23)21(24)25-17)13-6-9-18(26-4)19(10-13)27-5/h6,9-10,14H,7-8,11H2,1-5H3,(H2,24,25). The molecule has 5 nitrogen and oxygen atoms in total. The first-order valence-corrected chi connectivity index (χ1v) is 9.23. The van der Waals surface area contributed by atoms with Crippen molar-refractivity contribution in [1.29, 1.82) is 5.26 Å². The zero-order chi connectivity index (χ0) is 19.8. The molecule has 142 valence electrons. The van der Waals surface area contributed by atoms with Gasteiger partial charge in [0.15, 0.2) is 11.5 Å². The summed E-state index contributed by atoms with van der Waals surface area (Å²) in [4.78, 5) is 4.56. The van der Waals surface area contributed by atoms with E-state index in [9.17, 15) is 5.26 Å². The molecule has 0 saturated carbocycles. The maximum absolute atomic E-state index is 9.79. The summed E-state index contributed by atoms with van der Waals surface area (Å²) < 4.78 is 10.8. The highest BCUT2D eigenvalue weighted by Crippen LogP contribution is 2.43. The van der Waals surface area contributed by atoms with Crippen LogP contribution in [0.2, 0.25) is 0 Å². The van der Waals surface area contributed by atoms with E-state index in [4.69, 9.17) is 15.2 Å². The van der Waals surface area contributed by atoms with Gasteiger partial charge in [-0.2, -0.15) is 5.26 Å². The number of benzene rings is 1. The minimum atomic E-state index is 0.195. The summed E-state index contributed by atoms with van der Waals surface area (Å²) in [5.74, 6) is 2.12. The van der Waals surface area contributed by atoms with E-state index in [1.165, 1.54) is 0 Å². The number of aromatic nitrogens is 1. The third-order valence-corrected chi connectivity index (χ3v) is 5.60. The molecular formula is C22H27N3O2. The lowest BCUT2D eigenvalue weighted by Gasteiger charge is -2.35. The Morgan fingerprint density at radius 1 is 1.19 bits per heavy atom. The van der Waals surface area contributed by atoms with E-state index in [-0.39, 0.29) is 5.41 Å². The highest BCUT2D eigenvalue weighted by atomic mass is 16.5. The Hall–Kier alpha value is -2.74. The predicted molar refractivity (Wildman–Crippen MR) is 107 cm³/mol. The van der Waals surface area contributed by atoms with Gasteiger partial charge >= 0.3 is 0 Å². The summed E-state index contributed by atoms with van der Waals surface area (Å²) in [6.45, 7) is 6.82. The highest BCUT2D eigenvalue weighted by Gasteiger charge is 2.32. The van der Waals surface area contributed by atoms with Gasteiger partial charge in [0.2, 0.25) is 0 Å². The van der Waals surface area contributed by atoms with Crippen LogP contribution in [0.15, 0.2) is 18.2 Å². The largest absolute Gasteiger partial charge is 0.493 e. The number of methoxy groups -OCH3 is 2. The number of nitrogen functional groups attached to an aromatic ring is 1. The average molecular weight is 365 g/mol. The Morgan fingerprint density at radius 3 is 2.48 bits per heavy atom. The molecule has 2 aromatic rings. The number of ether oxygens (including phenoxy) is 2. The van der Waals surface area contributed by atoms with Crippen LogP contribution in [0.5, 0.6) is 11.5 Å². The molecule has 1 unspecified atom stereocenters. The van der Waals surface area contributed by atoms with Crippen molar-refractivity contribution in [2.45, 2.75) is 40.0 Å². The molecule has 0 amide bonds. The molecule has 2 N–H and O–H groups in total. The molecule has 1 aliphatic carbocycles. The molecule has 1 atom stereocenters. The molecule has 27 heavy (non-hydrogen) atoms. The molecule has 1 aliphatic rings. The SMILES string of the molecule is COc1ccc(-c2c(C#N)c(N)nc3c2CC(C(C)(C)C)CC3)cc1OC. The number of pyridine rings is 1. The maximum atomic E-state index is 9.79. The highest BCUT2D eigenvalue weighted by molar-refractivity contribution is 5.80. The van der Waals surface area contributed by atoms with Gasteiger partial charge < -0.3 is 15.2 Å². The summed E-state index contributed by atoms with van der Waals surface area (Å²) in [7, 11) is 3.22. The van der Waals surface area contributed by atoms with Gasteiger partial charge in [0.05, 0.1) is 14.2 Å². The second-order valence-electron chi connectivity index (χ2n) is 8.16. The van der Waals surface area contributed by atoms with Crippen LogP contribution in [0.25, 0.3) is 11.1 Å². The Labute approximate surface area is 161 Å². The number of nitrogens with two attached hydrogens (primary N) is 1. The van der Waals surface area contributed by atoms with Gasteiger partial charge in [-0.3, -0.25) is 0 Å². The molecule has 5 heteroatoms. The number of nitriles is 1. The van der Waals surface area contributed by atoms with Gasteiger partial charge in [-0.1, -0.05) is 26.8 Å². The summed E-state index contributed by atoms with van der Waals surface area (Å²) in [5.41, 5.74) is 10.7. The van der Waals surface area contributed by atoms with Crippen LogP contribution in [0.4, 0.5) is 5.82 Å². The van der Waals surface area contributed by atoms with Crippen LogP contribution in [-0.4, -0.2) is 19.2 Å². The van der Waals surface area contributed by atoms with Gasteiger partial charge in [-0.15, -0.1) is 0 Å². The monoisotopic (exact) mass is 365 g/mol. The quantitative estimate of drug-likeness (QED) is 0.873. The molecule has 0 fully saturated rings. The zero-order valence-electron chi connectivity index (χ0n) is 16.7. The van der Waals surface area contributed by atoms with Gasteiger partial charge in [-0.25, -0.2) is 4.98 Å². The Bertz CT molecular complexity index is 907.